The monoisotopic (exact) mass is 453 g/mol. The first-order chi connectivity index (χ1) is 13.9. The number of nitrogens with one attached hydrogen (secondary N) is 3. The van der Waals surface area contributed by atoms with Crippen molar-refractivity contribution in [3.63, 3.8) is 0 Å². The Morgan fingerprint density at radius 2 is 2.07 bits per heavy atom. The lowest BCUT2D eigenvalue weighted by molar-refractivity contribution is -0.124. The van der Waals surface area contributed by atoms with Gasteiger partial charge in [-0.1, -0.05) is 35.3 Å². The number of halogens is 2. The van der Waals surface area contributed by atoms with Gasteiger partial charge < -0.3 is 15.4 Å². The largest absolute Gasteiger partial charge is 0.497 e. The number of anilines is 1. The van der Waals surface area contributed by atoms with Crippen LogP contribution in [0.1, 0.15) is 18.4 Å². The van der Waals surface area contributed by atoms with E-state index in [4.69, 9.17) is 27.9 Å². The van der Waals surface area contributed by atoms with Crippen LogP contribution in [0, 0.1) is 0 Å². The van der Waals surface area contributed by atoms with Crippen LogP contribution in [0.3, 0.4) is 0 Å². The Morgan fingerprint density at radius 3 is 2.83 bits per heavy atom. The molecule has 0 aliphatic carbocycles. The summed E-state index contributed by atoms with van der Waals surface area (Å²) in [5.74, 6) is 1.20. The van der Waals surface area contributed by atoms with E-state index in [0.717, 1.165) is 11.3 Å². The quantitative estimate of drug-likeness (QED) is 0.589. The van der Waals surface area contributed by atoms with Gasteiger partial charge in [-0.2, -0.15) is 0 Å². The fraction of sp³-hybridized carbons (Fsp3) is 0.300. The standard InChI is InChI=1S/C20H21Cl2N3O3S/c1-28-15-4-2-3-12(7-15)11-29-20-24-14(10-19(27)25-20)9-18(26)23-13-5-6-16(21)17(22)8-13/h2-8,14,20,24H,9-11H2,1H3,(H,23,26)(H,25,27). The number of thioether (sulfide) groups is 1. The van der Waals surface area contributed by atoms with E-state index in [9.17, 15) is 9.59 Å². The second-order valence-electron chi connectivity index (χ2n) is 6.56. The molecule has 2 aromatic carbocycles. The first-order valence-electron chi connectivity index (χ1n) is 8.98. The molecule has 29 heavy (non-hydrogen) atoms. The second kappa shape index (κ2) is 10.2. The topological polar surface area (TPSA) is 79.5 Å². The molecule has 154 valence electrons. The van der Waals surface area contributed by atoms with Gasteiger partial charge in [-0.25, -0.2) is 0 Å². The van der Waals surface area contributed by atoms with E-state index < -0.39 is 0 Å². The molecule has 1 aliphatic heterocycles. The van der Waals surface area contributed by atoms with Crippen LogP contribution >= 0.6 is 35.0 Å². The minimum atomic E-state index is -0.273. The van der Waals surface area contributed by atoms with Crippen molar-refractivity contribution in [2.75, 3.05) is 12.4 Å². The van der Waals surface area contributed by atoms with Gasteiger partial charge in [0.25, 0.3) is 0 Å². The summed E-state index contributed by atoms with van der Waals surface area (Å²) in [4.78, 5) is 24.4. The maximum atomic E-state index is 12.4. The smallest absolute Gasteiger partial charge is 0.225 e. The molecular weight excluding hydrogens is 433 g/mol. The summed E-state index contributed by atoms with van der Waals surface area (Å²) in [6, 6.07) is 12.4. The van der Waals surface area contributed by atoms with Crippen molar-refractivity contribution >= 4 is 52.5 Å². The summed E-state index contributed by atoms with van der Waals surface area (Å²) < 4.78 is 5.23. The van der Waals surface area contributed by atoms with Gasteiger partial charge in [-0.3, -0.25) is 14.9 Å². The third-order valence-corrected chi connectivity index (χ3v) is 6.12. The molecule has 0 bridgehead atoms. The van der Waals surface area contributed by atoms with E-state index in [1.165, 1.54) is 0 Å². The molecule has 1 heterocycles. The molecule has 2 unspecified atom stereocenters. The van der Waals surface area contributed by atoms with Gasteiger partial charge in [0.1, 0.15) is 11.2 Å². The van der Waals surface area contributed by atoms with Gasteiger partial charge in [0.15, 0.2) is 0 Å². The summed E-state index contributed by atoms with van der Waals surface area (Å²) in [6.45, 7) is 0. The molecule has 2 amide bonds. The highest BCUT2D eigenvalue weighted by molar-refractivity contribution is 7.99. The Bertz CT molecular complexity index is 897. The summed E-state index contributed by atoms with van der Waals surface area (Å²) in [5.41, 5.74) is 1.38. The normalized spacial score (nSPS) is 18.8. The van der Waals surface area contributed by atoms with Crippen LogP contribution in [0.5, 0.6) is 5.75 Å². The molecule has 1 saturated heterocycles. The molecule has 2 atom stereocenters. The van der Waals surface area contributed by atoms with E-state index >= 15 is 0 Å². The highest BCUT2D eigenvalue weighted by Gasteiger charge is 2.27. The van der Waals surface area contributed by atoms with Crippen molar-refractivity contribution in [3.8, 4) is 5.75 Å². The lowest BCUT2D eigenvalue weighted by Gasteiger charge is -2.31. The van der Waals surface area contributed by atoms with Gasteiger partial charge in [0.05, 0.1) is 17.2 Å². The minimum absolute atomic E-state index is 0.0840. The molecule has 3 rings (SSSR count). The first-order valence-corrected chi connectivity index (χ1v) is 10.8. The number of amides is 2. The van der Waals surface area contributed by atoms with Crippen LogP contribution in [0.2, 0.25) is 10.0 Å². The lowest BCUT2D eigenvalue weighted by Crippen LogP contribution is -2.55. The molecule has 1 fully saturated rings. The van der Waals surface area contributed by atoms with E-state index in [-0.39, 0.29) is 36.2 Å². The zero-order valence-electron chi connectivity index (χ0n) is 15.7. The molecule has 9 heteroatoms. The number of benzene rings is 2. The van der Waals surface area contributed by atoms with E-state index in [1.54, 1.807) is 37.1 Å². The van der Waals surface area contributed by atoms with Crippen LogP contribution < -0.4 is 20.7 Å². The molecule has 0 radical (unpaired) electrons. The molecule has 6 nitrogen and oxygen atoms in total. The first kappa shape index (κ1) is 21.8. The summed E-state index contributed by atoms with van der Waals surface area (Å²) >= 11 is 13.4. The van der Waals surface area contributed by atoms with Gasteiger partial charge >= 0.3 is 0 Å². The zero-order chi connectivity index (χ0) is 20.8. The van der Waals surface area contributed by atoms with Crippen molar-refractivity contribution in [2.24, 2.45) is 0 Å². The Balaban J connectivity index is 1.52. The average Bonchev–Trinajstić information content (AvgIpc) is 2.69. The Hall–Kier alpha value is -1.93. The number of hydrogen-bond acceptors (Lipinski definition) is 5. The van der Waals surface area contributed by atoms with Gasteiger partial charge in [-0.05, 0) is 35.9 Å². The Labute approximate surface area is 183 Å². The van der Waals surface area contributed by atoms with E-state index in [2.05, 4.69) is 16.0 Å². The predicted molar refractivity (Wildman–Crippen MR) is 117 cm³/mol. The SMILES string of the molecule is COc1cccc(CSC2NC(=O)CC(CC(=O)Nc3ccc(Cl)c(Cl)c3)N2)c1. The molecule has 2 aromatic rings. The predicted octanol–water partition coefficient (Wildman–Crippen LogP) is 4.03. The van der Waals surface area contributed by atoms with Crippen LogP contribution in [0.25, 0.3) is 0 Å². The van der Waals surface area contributed by atoms with Crippen LogP contribution in [0.15, 0.2) is 42.5 Å². The van der Waals surface area contributed by atoms with Crippen molar-refractivity contribution < 1.29 is 14.3 Å². The van der Waals surface area contributed by atoms with Crippen LogP contribution in [-0.2, 0) is 15.3 Å². The van der Waals surface area contributed by atoms with E-state index in [0.29, 0.717) is 21.5 Å². The van der Waals surface area contributed by atoms with Crippen molar-refractivity contribution in [1.29, 1.82) is 0 Å². The van der Waals surface area contributed by atoms with Crippen LogP contribution in [-0.4, -0.2) is 30.5 Å². The number of hydrogen-bond donors (Lipinski definition) is 3. The highest BCUT2D eigenvalue weighted by Crippen LogP contribution is 2.25. The average molecular weight is 454 g/mol. The maximum absolute atomic E-state index is 12.4. The molecule has 1 aliphatic rings. The molecule has 0 aromatic heterocycles. The third kappa shape index (κ3) is 6.54. The fourth-order valence-electron chi connectivity index (χ4n) is 2.92. The molecular formula is C20H21Cl2N3O3S. The fourth-order valence-corrected chi connectivity index (χ4v) is 4.26. The number of methoxy groups -OCH3 is 1. The molecule has 0 saturated carbocycles. The summed E-state index contributed by atoms with van der Waals surface area (Å²) in [7, 11) is 1.63. The van der Waals surface area contributed by atoms with Crippen molar-refractivity contribution in [2.45, 2.75) is 30.1 Å². The third-order valence-electron chi connectivity index (χ3n) is 4.30. The Kier molecular flexibility index (Phi) is 7.66. The van der Waals surface area contributed by atoms with Gasteiger partial charge in [-0.15, -0.1) is 11.8 Å². The second-order valence-corrected chi connectivity index (χ2v) is 8.47. The Morgan fingerprint density at radius 1 is 1.24 bits per heavy atom. The number of carbonyl (C=O) groups excluding carboxylic acids is 2. The maximum Gasteiger partial charge on any atom is 0.225 e. The summed E-state index contributed by atoms with van der Waals surface area (Å²) in [6.07, 6.45) is 0.412. The minimum Gasteiger partial charge on any atom is -0.497 e. The summed E-state index contributed by atoms with van der Waals surface area (Å²) in [5, 5.41) is 9.79. The van der Waals surface area contributed by atoms with E-state index in [1.807, 2.05) is 24.3 Å². The number of carbonyl (C=O) groups is 2. The van der Waals surface area contributed by atoms with Crippen LogP contribution in [0.4, 0.5) is 5.69 Å². The van der Waals surface area contributed by atoms with Gasteiger partial charge in [0, 0.05) is 30.3 Å². The highest BCUT2D eigenvalue weighted by atomic mass is 35.5. The van der Waals surface area contributed by atoms with Crippen molar-refractivity contribution in [3.05, 3.63) is 58.1 Å². The van der Waals surface area contributed by atoms with Crippen molar-refractivity contribution in [1.82, 2.24) is 10.6 Å². The molecule has 3 N–H and O–H groups in total. The molecule has 0 spiro atoms. The zero-order valence-corrected chi connectivity index (χ0v) is 18.0. The lowest BCUT2D eigenvalue weighted by atomic mass is 10.1. The number of ether oxygens (including phenoxy) is 1. The number of rotatable bonds is 7. The van der Waals surface area contributed by atoms with Gasteiger partial charge in [0.2, 0.25) is 11.8 Å².